The van der Waals surface area contributed by atoms with Gasteiger partial charge in [-0.15, -0.1) is 0 Å². The molecule has 0 spiro atoms. The van der Waals surface area contributed by atoms with E-state index in [2.05, 4.69) is 71.6 Å². The maximum atomic E-state index is 7.29. The Morgan fingerprint density at radius 2 is 1.06 bits per heavy atom. The van der Waals surface area contributed by atoms with Crippen LogP contribution in [0.3, 0.4) is 0 Å². The van der Waals surface area contributed by atoms with Crippen LogP contribution >= 0.6 is 0 Å². The number of hydrogen-bond donors (Lipinski definition) is 0. The molecule has 49 heavy (non-hydrogen) atoms. The number of benzene rings is 7. The topological polar surface area (TPSA) is 56.2 Å². The van der Waals surface area contributed by atoms with Crippen LogP contribution in [-0.4, -0.2) is 15.0 Å². The first-order valence-electron chi connectivity index (χ1n) is 16.1. The van der Waals surface area contributed by atoms with Crippen molar-refractivity contribution in [1.29, 1.82) is 0 Å². The fraction of sp³-hybridized carbons (Fsp3) is 0. The summed E-state index contributed by atoms with van der Waals surface area (Å²) >= 11 is 0. The Morgan fingerprint density at radius 3 is 1.86 bits per heavy atom. The van der Waals surface area contributed by atoms with Crippen LogP contribution in [0.4, 0.5) is 5.69 Å². The Labute approximate surface area is 282 Å². The van der Waals surface area contributed by atoms with Crippen molar-refractivity contribution in [2.45, 2.75) is 0 Å². The first kappa shape index (κ1) is 28.3. The SMILES string of the molecule is [C-]#[N+]c1ccc(-c2ccc(-c3ccc4c(oc5ccccc54)c3-c3nc(-c4ccccc4)nc(-c4cccc5ccccc45)n3)cc2)cc1. The largest absolute Gasteiger partial charge is 0.455 e. The highest BCUT2D eigenvalue weighted by Crippen LogP contribution is 2.42. The molecule has 0 unspecified atom stereocenters. The van der Waals surface area contributed by atoms with Gasteiger partial charge in [0, 0.05) is 21.9 Å². The first-order valence-corrected chi connectivity index (χ1v) is 16.1. The Bertz CT molecular complexity index is 2700. The minimum atomic E-state index is 0.537. The Morgan fingerprint density at radius 1 is 0.429 bits per heavy atom. The highest BCUT2D eigenvalue weighted by atomic mass is 16.3. The van der Waals surface area contributed by atoms with Crippen molar-refractivity contribution in [2.24, 2.45) is 0 Å². The van der Waals surface area contributed by atoms with Crippen LogP contribution in [0.25, 0.3) is 94.0 Å². The molecular weight excluding hydrogens is 601 g/mol. The number of rotatable bonds is 5. The number of hydrogen-bond acceptors (Lipinski definition) is 4. The van der Waals surface area contributed by atoms with Gasteiger partial charge in [0.15, 0.2) is 23.2 Å². The lowest BCUT2D eigenvalue weighted by atomic mass is 9.94. The monoisotopic (exact) mass is 626 g/mol. The molecule has 0 aliphatic rings. The summed E-state index contributed by atoms with van der Waals surface area (Å²) in [6.07, 6.45) is 0. The van der Waals surface area contributed by atoms with E-state index in [9.17, 15) is 0 Å². The van der Waals surface area contributed by atoms with Gasteiger partial charge in [0.1, 0.15) is 11.2 Å². The molecule has 0 aliphatic heterocycles. The molecule has 0 atom stereocenters. The van der Waals surface area contributed by atoms with Crippen LogP contribution in [0.2, 0.25) is 0 Å². The first-order chi connectivity index (χ1) is 24.2. The maximum Gasteiger partial charge on any atom is 0.187 e. The molecule has 0 saturated heterocycles. The number of para-hydroxylation sites is 1. The van der Waals surface area contributed by atoms with Gasteiger partial charge in [0.05, 0.1) is 12.1 Å². The number of aromatic nitrogens is 3. The van der Waals surface area contributed by atoms with E-state index in [0.717, 1.165) is 71.7 Å². The average molecular weight is 627 g/mol. The normalized spacial score (nSPS) is 11.2. The smallest absolute Gasteiger partial charge is 0.187 e. The predicted molar refractivity (Wildman–Crippen MR) is 198 cm³/mol. The van der Waals surface area contributed by atoms with Crippen LogP contribution in [0, 0.1) is 6.57 Å². The molecule has 0 bridgehead atoms. The van der Waals surface area contributed by atoms with E-state index in [1.807, 2.05) is 91.0 Å². The zero-order valence-electron chi connectivity index (χ0n) is 26.2. The molecule has 7 aromatic carbocycles. The molecule has 9 aromatic rings. The van der Waals surface area contributed by atoms with E-state index >= 15 is 0 Å². The Balaban J connectivity index is 1.30. The van der Waals surface area contributed by atoms with Gasteiger partial charge >= 0.3 is 0 Å². The average Bonchev–Trinajstić information content (AvgIpc) is 3.56. The standard InChI is InChI=1S/C44H26N4O/c1-45-33-24-22-29(23-25-33)28-18-20-31(21-19-28)35-26-27-37-36-15-7-8-17-39(36)49-41(37)40(35)44-47-42(32-11-3-2-4-12-32)46-43(48-44)38-16-9-13-30-10-5-6-14-34(30)38/h2-27H. The van der Waals surface area contributed by atoms with E-state index in [1.165, 1.54) is 0 Å². The van der Waals surface area contributed by atoms with E-state index < -0.39 is 0 Å². The molecule has 0 radical (unpaired) electrons. The fourth-order valence-corrected chi connectivity index (χ4v) is 6.57. The third-order valence-electron chi connectivity index (χ3n) is 8.99. The summed E-state index contributed by atoms with van der Waals surface area (Å²) in [7, 11) is 0. The van der Waals surface area contributed by atoms with Gasteiger partial charge in [-0.25, -0.2) is 19.8 Å². The minimum absolute atomic E-state index is 0.537. The molecule has 0 amide bonds. The third kappa shape index (κ3) is 5.00. The number of nitrogens with zero attached hydrogens (tertiary/aromatic N) is 4. The van der Waals surface area contributed by atoms with E-state index in [4.69, 9.17) is 25.9 Å². The van der Waals surface area contributed by atoms with Crippen LogP contribution in [0.1, 0.15) is 0 Å². The van der Waals surface area contributed by atoms with Crippen LogP contribution in [-0.2, 0) is 0 Å². The molecule has 2 aromatic heterocycles. The minimum Gasteiger partial charge on any atom is -0.455 e. The molecule has 0 N–H and O–H groups in total. The number of furan rings is 1. The quantitative estimate of drug-likeness (QED) is 0.178. The summed E-state index contributed by atoms with van der Waals surface area (Å²) in [5.74, 6) is 1.72. The van der Waals surface area contributed by atoms with Gasteiger partial charge in [0.25, 0.3) is 0 Å². The summed E-state index contributed by atoms with van der Waals surface area (Å²) in [5, 5.41) is 4.23. The van der Waals surface area contributed by atoms with Crippen molar-refractivity contribution in [2.75, 3.05) is 0 Å². The highest BCUT2D eigenvalue weighted by Gasteiger charge is 2.22. The van der Waals surface area contributed by atoms with Crippen LogP contribution in [0.15, 0.2) is 162 Å². The molecule has 0 aliphatic carbocycles. The molecule has 0 fully saturated rings. The summed E-state index contributed by atoms with van der Waals surface area (Å²) < 4.78 is 6.65. The van der Waals surface area contributed by atoms with Crippen molar-refractivity contribution in [3.05, 3.63) is 169 Å². The van der Waals surface area contributed by atoms with Gasteiger partial charge in [-0.1, -0.05) is 146 Å². The molecule has 228 valence electrons. The summed E-state index contributed by atoms with van der Waals surface area (Å²) in [6.45, 7) is 7.29. The maximum absolute atomic E-state index is 7.29. The van der Waals surface area contributed by atoms with Crippen molar-refractivity contribution in [3.63, 3.8) is 0 Å². The summed E-state index contributed by atoms with van der Waals surface area (Å²) in [5.41, 5.74) is 8.89. The second kappa shape index (κ2) is 11.7. The lowest BCUT2D eigenvalue weighted by molar-refractivity contribution is 0.669. The van der Waals surface area contributed by atoms with Gasteiger partial charge in [-0.2, -0.15) is 0 Å². The lowest BCUT2D eigenvalue weighted by Gasteiger charge is -2.14. The second-order valence-electron chi connectivity index (χ2n) is 11.9. The van der Waals surface area contributed by atoms with Crippen LogP contribution < -0.4 is 0 Å². The highest BCUT2D eigenvalue weighted by molar-refractivity contribution is 6.12. The zero-order chi connectivity index (χ0) is 32.7. The molecule has 2 heterocycles. The van der Waals surface area contributed by atoms with E-state index in [0.29, 0.717) is 23.2 Å². The zero-order valence-corrected chi connectivity index (χ0v) is 26.2. The lowest BCUT2D eigenvalue weighted by Crippen LogP contribution is -2.01. The molecule has 0 saturated carbocycles. The van der Waals surface area contributed by atoms with E-state index in [-0.39, 0.29) is 0 Å². The number of fused-ring (bicyclic) bond motifs is 4. The Hall–Kier alpha value is -6.90. The van der Waals surface area contributed by atoms with E-state index in [1.54, 1.807) is 0 Å². The van der Waals surface area contributed by atoms with Crippen LogP contribution in [0.5, 0.6) is 0 Å². The second-order valence-corrected chi connectivity index (χ2v) is 11.9. The van der Waals surface area contributed by atoms with Gasteiger partial charge in [-0.3, -0.25) is 0 Å². The van der Waals surface area contributed by atoms with Gasteiger partial charge in [-0.05, 0) is 45.2 Å². The Kier molecular flexibility index (Phi) is 6.78. The van der Waals surface area contributed by atoms with Crippen molar-refractivity contribution in [3.8, 4) is 56.4 Å². The molecular formula is C44H26N4O. The third-order valence-corrected chi connectivity index (χ3v) is 8.99. The summed E-state index contributed by atoms with van der Waals surface area (Å²) in [4.78, 5) is 19.0. The van der Waals surface area contributed by atoms with Crippen molar-refractivity contribution < 1.29 is 4.42 Å². The van der Waals surface area contributed by atoms with Gasteiger partial charge < -0.3 is 4.42 Å². The van der Waals surface area contributed by atoms with Crippen molar-refractivity contribution >= 4 is 38.4 Å². The summed E-state index contributed by atoms with van der Waals surface area (Å²) in [6, 6.07) is 53.1. The fourth-order valence-electron chi connectivity index (χ4n) is 6.57. The van der Waals surface area contributed by atoms with Gasteiger partial charge in [0.2, 0.25) is 0 Å². The molecule has 5 nitrogen and oxygen atoms in total. The van der Waals surface area contributed by atoms with Crippen molar-refractivity contribution in [1.82, 2.24) is 15.0 Å². The molecule has 9 rings (SSSR count). The molecule has 5 heteroatoms. The predicted octanol–water partition coefficient (Wildman–Crippen LogP) is 11.8.